The fourth-order valence-electron chi connectivity index (χ4n) is 2.64. The van der Waals surface area contributed by atoms with Crippen LogP contribution in [0.3, 0.4) is 0 Å². The molecule has 0 aromatic rings. The van der Waals surface area contributed by atoms with E-state index in [1.54, 1.807) is 0 Å². The Kier molecular flexibility index (Phi) is 1.83. The lowest BCUT2D eigenvalue weighted by atomic mass is 9.72. The van der Waals surface area contributed by atoms with Gasteiger partial charge in [-0.05, 0) is 31.1 Å². The minimum absolute atomic E-state index is 0.0448. The number of hydrogen-bond donors (Lipinski definition) is 1. The first kappa shape index (κ1) is 8.05. The molecule has 2 saturated carbocycles. The van der Waals surface area contributed by atoms with Crippen LogP contribution in [0, 0.1) is 17.8 Å². The number of rotatable bonds is 1. The summed E-state index contributed by atoms with van der Waals surface area (Å²) in [6.07, 6.45) is 3.07. The van der Waals surface area contributed by atoms with Gasteiger partial charge in [-0.25, -0.2) is 0 Å². The van der Waals surface area contributed by atoms with Gasteiger partial charge in [0.25, 0.3) is 0 Å². The lowest BCUT2D eigenvalue weighted by Crippen LogP contribution is -2.44. The van der Waals surface area contributed by atoms with Crippen molar-refractivity contribution in [1.29, 1.82) is 0 Å². The standard InChI is InChI=1S/C9H15NO2/c1-12-9(11)6-2-5-4-8(10)7(5)3-6/h5-8H,2-4,10H2,1H3/t5-,6?,7-,8-/m1/s1. The van der Waals surface area contributed by atoms with Gasteiger partial charge in [0.05, 0.1) is 13.0 Å². The van der Waals surface area contributed by atoms with Gasteiger partial charge in [-0.2, -0.15) is 0 Å². The third kappa shape index (κ3) is 1.04. The zero-order valence-corrected chi connectivity index (χ0v) is 7.32. The number of fused-ring (bicyclic) bond motifs is 1. The minimum Gasteiger partial charge on any atom is -0.469 e. The van der Waals surface area contributed by atoms with Crippen LogP contribution in [0.15, 0.2) is 0 Å². The molecule has 2 rings (SSSR count). The van der Waals surface area contributed by atoms with Crippen molar-refractivity contribution < 1.29 is 9.53 Å². The first-order valence-corrected chi connectivity index (χ1v) is 4.55. The minimum atomic E-state index is -0.0448. The summed E-state index contributed by atoms with van der Waals surface area (Å²) in [5, 5.41) is 0. The molecule has 0 heterocycles. The smallest absolute Gasteiger partial charge is 0.308 e. The van der Waals surface area contributed by atoms with Gasteiger partial charge >= 0.3 is 5.97 Å². The highest BCUT2D eigenvalue weighted by atomic mass is 16.5. The lowest BCUT2D eigenvalue weighted by molar-refractivity contribution is -0.145. The molecule has 0 aromatic heterocycles. The highest BCUT2D eigenvalue weighted by Crippen LogP contribution is 2.48. The first-order chi connectivity index (χ1) is 5.72. The summed E-state index contributed by atoms with van der Waals surface area (Å²) in [5.74, 6) is 1.41. The van der Waals surface area contributed by atoms with Gasteiger partial charge in [0.1, 0.15) is 0 Å². The predicted octanol–water partition coefficient (Wildman–Crippen LogP) is 0.533. The molecule has 3 nitrogen and oxygen atoms in total. The molecular formula is C9H15NO2. The van der Waals surface area contributed by atoms with Crippen LogP contribution in [0.1, 0.15) is 19.3 Å². The third-order valence-electron chi connectivity index (χ3n) is 3.41. The molecule has 2 aliphatic rings. The van der Waals surface area contributed by atoms with Crippen LogP contribution in [-0.4, -0.2) is 19.1 Å². The third-order valence-corrected chi connectivity index (χ3v) is 3.41. The van der Waals surface area contributed by atoms with Crippen LogP contribution in [-0.2, 0) is 9.53 Å². The Morgan fingerprint density at radius 1 is 1.42 bits per heavy atom. The Balaban J connectivity index is 1.94. The van der Waals surface area contributed by atoms with Crippen LogP contribution in [0.25, 0.3) is 0 Å². The second-order valence-electron chi connectivity index (χ2n) is 4.01. The maximum Gasteiger partial charge on any atom is 0.308 e. The zero-order valence-electron chi connectivity index (χ0n) is 7.32. The first-order valence-electron chi connectivity index (χ1n) is 4.55. The van der Waals surface area contributed by atoms with E-state index in [4.69, 9.17) is 10.5 Å². The van der Waals surface area contributed by atoms with Crippen LogP contribution in [0.4, 0.5) is 0 Å². The summed E-state index contributed by atoms with van der Waals surface area (Å²) in [5.41, 5.74) is 5.82. The van der Waals surface area contributed by atoms with Crippen molar-refractivity contribution in [3.63, 3.8) is 0 Å². The molecule has 0 bridgehead atoms. The molecule has 0 spiro atoms. The maximum absolute atomic E-state index is 11.2. The summed E-state index contributed by atoms with van der Waals surface area (Å²) in [6, 6.07) is 0.352. The fraction of sp³-hybridized carbons (Fsp3) is 0.889. The lowest BCUT2D eigenvalue weighted by Gasteiger charge is -2.37. The molecule has 2 fully saturated rings. The maximum atomic E-state index is 11.2. The van der Waals surface area contributed by atoms with Crippen LogP contribution in [0.2, 0.25) is 0 Å². The van der Waals surface area contributed by atoms with Crippen molar-refractivity contribution in [3.05, 3.63) is 0 Å². The molecule has 68 valence electrons. The summed E-state index contributed by atoms with van der Waals surface area (Å²) < 4.78 is 4.71. The fourth-order valence-corrected chi connectivity index (χ4v) is 2.64. The number of carbonyl (C=O) groups excluding carboxylic acids is 1. The molecule has 3 heteroatoms. The molecular weight excluding hydrogens is 154 g/mol. The SMILES string of the molecule is COC(=O)C1C[C@@H]2C[C@@H](N)[C@@H]2C1. The van der Waals surface area contributed by atoms with Gasteiger partial charge in [0.2, 0.25) is 0 Å². The van der Waals surface area contributed by atoms with E-state index in [-0.39, 0.29) is 11.9 Å². The van der Waals surface area contributed by atoms with Crippen molar-refractivity contribution >= 4 is 5.97 Å². The van der Waals surface area contributed by atoms with E-state index in [2.05, 4.69) is 0 Å². The van der Waals surface area contributed by atoms with Crippen molar-refractivity contribution in [2.24, 2.45) is 23.5 Å². The Morgan fingerprint density at radius 3 is 2.67 bits per heavy atom. The molecule has 4 atom stereocenters. The number of esters is 1. The van der Waals surface area contributed by atoms with Gasteiger partial charge in [-0.15, -0.1) is 0 Å². The quantitative estimate of drug-likeness (QED) is 0.583. The number of nitrogens with two attached hydrogens (primary N) is 1. The van der Waals surface area contributed by atoms with E-state index >= 15 is 0 Å². The molecule has 0 aromatic carbocycles. The van der Waals surface area contributed by atoms with E-state index in [1.165, 1.54) is 7.11 Å². The topological polar surface area (TPSA) is 52.3 Å². The summed E-state index contributed by atoms with van der Waals surface area (Å²) in [7, 11) is 1.46. The summed E-state index contributed by atoms with van der Waals surface area (Å²) in [4.78, 5) is 11.2. The van der Waals surface area contributed by atoms with Crippen LogP contribution < -0.4 is 5.73 Å². The average Bonchev–Trinajstić information content (AvgIpc) is 2.41. The number of methoxy groups -OCH3 is 1. The largest absolute Gasteiger partial charge is 0.469 e. The normalized spacial score (nSPS) is 44.8. The Bertz CT molecular complexity index is 205. The average molecular weight is 169 g/mol. The number of ether oxygens (including phenoxy) is 1. The number of hydrogen-bond acceptors (Lipinski definition) is 3. The number of carbonyl (C=O) groups is 1. The highest BCUT2D eigenvalue weighted by Gasteiger charge is 2.48. The molecule has 0 aliphatic heterocycles. The van der Waals surface area contributed by atoms with E-state index < -0.39 is 0 Å². The molecule has 2 N–H and O–H groups in total. The van der Waals surface area contributed by atoms with Gasteiger partial charge in [-0.1, -0.05) is 0 Å². The zero-order chi connectivity index (χ0) is 8.72. The van der Waals surface area contributed by atoms with Crippen molar-refractivity contribution in [2.45, 2.75) is 25.3 Å². The molecule has 12 heavy (non-hydrogen) atoms. The second kappa shape index (κ2) is 2.73. The molecule has 2 aliphatic carbocycles. The summed E-state index contributed by atoms with van der Waals surface area (Å²) >= 11 is 0. The van der Waals surface area contributed by atoms with E-state index in [1.807, 2.05) is 0 Å². The monoisotopic (exact) mass is 169 g/mol. The Morgan fingerprint density at radius 2 is 2.17 bits per heavy atom. The van der Waals surface area contributed by atoms with Crippen LogP contribution in [0.5, 0.6) is 0 Å². The Labute approximate surface area is 72.3 Å². The van der Waals surface area contributed by atoms with Crippen molar-refractivity contribution in [2.75, 3.05) is 7.11 Å². The Hall–Kier alpha value is -0.570. The van der Waals surface area contributed by atoms with E-state index in [9.17, 15) is 4.79 Å². The highest BCUT2D eigenvalue weighted by molar-refractivity contribution is 5.72. The second-order valence-corrected chi connectivity index (χ2v) is 4.01. The molecule has 1 unspecified atom stereocenters. The molecule has 0 amide bonds. The van der Waals surface area contributed by atoms with Gasteiger partial charge in [-0.3, -0.25) is 4.79 Å². The van der Waals surface area contributed by atoms with E-state index in [0.717, 1.165) is 19.3 Å². The van der Waals surface area contributed by atoms with Gasteiger partial charge < -0.3 is 10.5 Å². The molecule has 0 radical (unpaired) electrons. The molecule has 0 saturated heterocycles. The van der Waals surface area contributed by atoms with Gasteiger partial charge in [0.15, 0.2) is 0 Å². The van der Waals surface area contributed by atoms with Crippen molar-refractivity contribution in [3.8, 4) is 0 Å². The van der Waals surface area contributed by atoms with E-state index in [0.29, 0.717) is 17.9 Å². The van der Waals surface area contributed by atoms with Crippen molar-refractivity contribution in [1.82, 2.24) is 0 Å². The van der Waals surface area contributed by atoms with Gasteiger partial charge in [0, 0.05) is 6.04 Å². The predicted molar refractivity (Wildman–Crippen MR) is 44.3 cm³/mol. The van der Waals surface area contributed by atoms with Crippen LogP contribution >= 0.6 is 0 Å². The summed E-state index contributed by atoms with van der Waals surface area (Å²) in [6.45, 7) is 0.